The zero-order valence-electron chi connectivity index (χ0n) is 7.87. The zero-order valence-corrected chi connectivity index (χ0v) is 8.63. The molecule has 1 heterocycles. The number of halogens is 1. The van der Waals surface area contributed by atoms with Crippen molar-refractivity contribution in [3.8, 4) is 0 Å². The zero-order chi connectivity index (χ0) is 9.84. The van der Waals surface area contributed by atoms with Crippen molar-refractivity contribution in [2.45, 2.75) is 13.3 Å². The van der Waals surface area contributed by atoms with E-state index in [1.54, 1.807) is 4.90 Å². The minimum absolute atomic E-state index is 0.109. The van der Waals surface area contributed by atoms with Gasteiger partial charge in [-0.25, -0.2) is 0 Å². The summed E-state index contributed by atoms with van der Waals surface area (Å²) in [6.45, 7) is 3.69. The van der Waals surface area contributed by atoms with Crippen LogP contribution in [0.4, 0.5) is 0 Å². The summed E-state index contributed by atoms with van der Waals surface area (Å²) < 4.78 is 0. The molecule has 1 rings (SSSR count). The molecule has 0 spiro atoms. The van der Waals surface area contributed by atoms with Crippen molar-refractivity contribution < 1.29 is 9.90 Å². The third-order valence-electron chi connectivity index (χ3n) is 2.66. The molecule has 76 valence electrons. The van der Waals surface area contributed by atoms with Gasteiger partial charge >= 0.3 is 0 Å². The van der Waals surface area contributed by atoms with Gasteiger partial charge in [-0.1, -0.05) is 6.92 Å². The average molecular weight is 206 g/mol. The first-order valence-corrected chi connectivity index (χ1v) is 5.17. The molecule has 0 aromatic rings. The third-order valence-corrected chi connectivity index (χ3v) is 2.85. The fourth-order valence-electron chi connectivity index (χ4n) is 1.71. The van der Waals surface area contributed by atoms with Crippen LogP contribution in [-0.2, 0) is 4.79 Å². The summed E-state index contributed by atoms with van der Waals surface area (Å²) in [7, 11) is 0. The number of hydrogen-bond acceptors (Lipinski definition) is 2. The van der Waals surface area contributed by atoms with Crippen LogP contribution in [0.25, 0.3) is 0 Å². The topological polar surface area (TPSA) is 40.5 Å². The molecule has 0 radical (unpaired) electrons. The van der Waals surface area contributed by atoms with Crippen molar-refractivity contribution in [3.05, 3.63) is 0 Å². The Morgan fingerprint density at radius 1 is 1.62 bits per heavy atom. The second-order valence-electron chi connectivity index (χ2n) is 3.66. The summed E-state index contributed by atoms with van der Waals surface area (Å²) in [5, 5.41) is 9.00. The predicted octanol–water partition coefficient (Wildman–Crippen LogP) is 0.702. The number of likely N-dealkylation sites (tertiary alicyclic amines) is 1. The molecule has 0 aromatic carbocycles. The van der Waals surface area contributed by atoms with Gasteiger partial charge in [0, 0.05) is 37.9 Å². The number of aliphatic hydroxyl groups excluding tert-OH is 1. The first-order valence-electron chi connectivity index (χ1n) is 4.63. The minimum Gasteiger partial charge on any atom is -0.396 e. The number of rotatable bonds is 3. The number of nitrogens with zero attached hydrogens (tertiary/aromatic N) is 1. The van der Waals surface area contributed by atoms with Crippen LogP contribution in [0, 0.1) is 11.8 Å². The molecule has 1 aliphatic rings. The maximum Gasteiger partial charge on any atom is 0.223 e. The first-order chi connectivity index (χ1) is 6.19. The highest BCUT2D eigenvalue weighted by molar-refractivity contribution is 6.18. The van der Waals surface area contributed by atoms with Gasteiger partial charge in [0.05, 0.1) is 0 Å². The summed E-state index contributed by atoms with van der Waals surface area (Å²) in [5.41, 5.74) is 0. The van der Waals surface area contributed by atoms with Gasteiger partial charge in [-0.05, 0) is 5.92 Å². The molecule has 1 N–H and O–H groups in total. The quantitative estimate of drug-likeness (QED) is 0.690. The molecule has 1 fully saturated rings. The molecule has 2 atom stereocenters. The van der Waals surface area contributed by atoms with Crippen LogP contribution in [0.2, 0.25) is 0 Å². The number of aliphatic hydroxyl groups is 1. The molecule has 0 aromatic heterocycles. The highest BCUT2D eigenvalue weighted by Crippen LogP contribution is 2.22. The van der Waals surface area contributed by atoms with Crippen LogP contribution in [0.3, 0.4) is 0 Å². The van der Waals surface area contributed by atoms with Crippen molar-refractivity contribution in [1.29, 1.82) is 0 Å². The Labute approximate surface area is 83.7 Å². The molecule has 2 unspecified atom stereocenters. The molecule has 1 saturated heterocycles. The second kappa shape index (κ2) is 4.82. The number of hydrogen-bond donors (Lipinski definition) is 1. The minimum atomic E-state index is 0.109. The van der Waals surface area contributed by atoms with Crippen molar-refractivity contribution in [2.24, 2.45) is 11.8 Å². The van der Waals surface area contributed by atoms with Crippen molar-refractivity contribution in [2.75, 3.05) is 25.6 Å². The largest absolute Gasteiger partial charge is 0.396 e. The van der Waals surface area contributed by atoms with E-state index in [4.69, 9.17) is 16.7 Å². The van der Waals surface area contributed by atoms with Gasteiger partial charge in [-0.3, -0.25) is 4.79 Å². The Bertz CT molecular complexity index is 186. The highest BCUT2D eigenvalue weighted by atomic mass is 35.5. The average Bonchev–Trinajstić information content (AvgIpc) is 2.47. The number of carbonyl (C=O) groups is 1. The predicted molar refractivity (Wildman–Crippen MR) is 51.7 cm³/mol. The number of carbonyl (C=O) groups excluding carboxylic acids is 1. The summed E-state index contributed by atoms with van der Waals surface area (Å²) in [4.78, 5) is 13.2. The lowest BCUT2D eigenvalue weighted by atomic mass is 10.00. The number of alkyl halides is 1. The Balaban J connectivity index is 2.43. The van der Waals surface area contributed by atoms with Gasteiger partial charge in [0.1, 0.15) is 0 Å². The third kappa shape index (κ3) is 2.58. The van der Waals surface area contributed by atoms with Crippen LogP contribution < -0.4 is 0 Å². The van der Waals surface area contributed by atoms with Crippen molar-refractivity contribution >= 4 is 17.5 Å². The fraction of sp³-hybridized carbons (Fsp3) is 0.889. The SMILES string of the molecule is CC1CN(C(=O)CCCl)CC1CO. The van der Waals surface area contributed by atoms with E-state index in [1.807, 2.05) is 0 Å². The maximum absolute atomic E-state index is 11.4. The van der Waals surface area contributed by atoms with Gasteiger partial charge in [0.25, 0.3) is 0 Å². The summed E-state index contributed by atoms with van der Waals surface area (Å²) in [6.07, 6.45) is 0.409. The lowest BCUT2D eigenvalue weighted by molar-refractivity contribution is -0.129. The molecular weight excluding hydrogens is 190 g/mol. The Morgan fingerprint density at radius 3 is 2.77 bits per heavy atom. The lowest BCUT2D eigenvalue weighted by Crippen LogP contribution is -2.29. The van der Waals surface area contributed by atoms with Crippen LogP contribution in [0.15, 0.2) is 0 Å². The summed E-state index contributed by atoms with van der Waals surface area (Å²) in [5.74, 6) is 1.15. The van der Waals surface area contributed by atoms with E-state index >= 15 is 0 Å². The molecule has 0 saturated carbocycles. The standard InChI is InChI=1S/C9H16ClNO2/c1-7-4-11(5-8(7)6-12)9(13)2-3-10/h7-8,12H,2-6H2,1H3. The molecule has 4 heteroatoms. The highest BCUT2D eigenvalue weighted by Gasteiger charge is 2.31. The van der Waals surface area contributed by atoms with E-state index in [1.165, 1.54) is 0 Å². The smallest absolute Gasteiger partial charge is 0.223 e. The molecular formula is C9H16ClNO2. The molecule has 0 aliphatic carbocycles. The van der Waals surface area contributed by atoms with E-state index in [9.17, 15) is 4.79 Å². The van der Waals surface area contributed by atoms with E-state index in [-0.39, 0.29) is 18.4 Å². The summed E-state index contributed by atoms with van der Waals surface area (Å²) >= 11 is 5.48. The monoisotopic (exact) mass is 205 g/mol. The van der Waals surface area contributed by atoms with Gasteiger partial charge in [0.15, 0.2) is 0 Å². The fourth-order valence-corrected chi connectivity index (χ4v) is 1.88. The van der Waals surface area contributed by atoms with E-state index in [0.717, 1.165) is 6.54 Å². The van der Waals surface area contributed by atoms with E-state index in [2.05, 4.69) is 6.92 Å². The van der Waals surface area contributed by atoms with Gasteiger partial charge < -0.3 is 10.0 Å². The molecule has 13 heavy (non-hydrogen) atoms. The van der Waals surface area contributed by atoms with Crippen LogP contribution in [-0.4, -0.2) is 41.5 Å². The second-order valence-corrected chi connectivity index (χ2v) is 4.04. The molecule has 0 bridgehead atoms. The van der Waals surface area contributed by atoms with Crippen molar-refractivity contribution in [1.82, 2.24) is 4.90 Å². The molecule has 1 amide bonds. The van der Waals surface area contributed by atoms with Crippen LogP contribution in [0.5, 0.6) is 0 Å². The van der Waals surface area contributed by atoms with Gasteiger partial charge in [0.2, 0.25) is 5.91 Å². The van der Waals surface area contributed by atoms with Crippen LogP contribution in [0.1, 0.15) is 13.3 Å². The van der Waals surface area contributed by atoms with Crippen molar-refractivity contribution in [3.63, 3.8) is 0 Å². The van der Waals surface area contributed by atoms with Gasteiger partial charge in [-0.2, -0.15) is 0 Å². The van der Waals surface area contributed by atoms with Crippen LogP contribution >= 0.6 is 11.6 Å². The van der Waals surface area contributed by atoms with E-state index < -0.39 is 0 Å². The van der Waals surface area contributed by atoms with Gasteiger partial charge in [-0.15, -0.1) is 11.6 Å². The number of amides is 1. The summed E-state index contributed by atoms with van der Waals surface area (Å²) in [6, 6.07) is 0. The lowest BCUT2D eigenvalue weighted by Gasteiger charge is -2.14. The van der Waals surface area contributed by atoms with E-state index in [0.29, 0.717) is 24.8 Å². The molecule has 1 aliphatic heterocycles. The molecule has 3 nitrogen and oxygen atoms in total. The normalized spacial score (nSPS) is 28.1. The Morgan fingerprint density at radius 2 is 2.31 bits per heavy atom. The Kier molecular flexibility index (Phi) is 4.00. The maximum atomic E-state index is 11.4. The first kappa shape index (κ1) is 10.8. The Hall–Kier alpha value is -0.280.